The van der Waals surface area contributed by atoms with Gasteiger partial charge < -0.3 is 15.8 Å². The van der Waals surface area contributed by atoms with Crippen LogP contribution in [-0.4, -0.2) is 37.0 Å². The van der Waals surface area contributed by atoms with Gasteiger partial charge in [0.2, 0.25) is 5.91 Å². The molecule has 0 aliphatic rings. The van der Waals surface area contributed by atoms with Crippen LogP contribution in [0.5, 0.6) is 0 Å². The summed E-state index contributed by atoms with van der Waals surface area (Å²) in [5.74, 6) is 0.157. The predicted molar refractivity (Wildman–Crippen MR) is 82.1 cm³/mol. The van der Waals surface area contributed by atoms with Crippen molar-refractivity contribution in [2.45, 2.75) is 19.4 Å². The van der Waals surface area contributed by atoms with E-state index in [-0.39, 0.29) is 5.91 Å². The summed E-state index contributed by atoms with van der Waals surface area (Å²) in [6.45, 7) is 1.76. The molecule has 1 aromatic carbocycles. The van der Waals surface area contributed by atoms with Crippen LogP contribution in [0.4, 0.5) is 5.69 Å². The van der Waals surface area contributed by atoms with Crippen LogP contribution < -0.4 is 11.1 Å². The van der Waals surface area contributed by atoms with E-state index in [9.17, 15) is 9.59 Å². The average molecular weight is 296 g/mol. The Hall–Kier alpha value is -1.53. The summed E-state index contributed by atoms with van der Waals surface area (Å²) in [5.41, 5.74) is 7.49. The van der Waals surface area contributed by atoms with E-state index in [0.717, 1.165) is 5.75 Å². The minimum Gasteiger partial charge on any atom is -0.465 e. The second kappa shape index (κ2) is 7.91. The standard InChI is InChI=1S/C14H20N2O3S/c1-9-10(14(18)19-2)5-4-6-12(9)16-13(17)11(15)7-8-20-3/h4-6,11H,7-8,15H2,1-3H3,(H,16,17)/t11-/m0/s1. The van der Waals surface area contributed by atoms with Crippen molar-refractivity contribution < 1.29 is 14.3 Å². The van der Waals surface area contributed by atoms with Crippen molar-refractivity contribution in [1.82, 2.24) is 0 Å². The maximum absolute atomic E-state index is 12.0. The van der Waals surface area contributed by atoms with Gasteiger partial charge in [0.05, 0.1) is 18.7 Å². The zero-order valence-electron chi connectivity index (χ0n) is 11.9. The number of anilines is 1. The second-order valence-corrected chi connectivity index (χ2v) is 5.33. The molecule has 1 rings (SSSR count). The number of rotatable bonds is 6. The number of hydrogen-bond acceptors (Lipinski definition) is 5. The Morgan fingerprint density at radius 2 is 2.15 bits per heavy atom. The van der Waals surface area contributed by atoms with Crippen molar-refractivity contribution in [2.24, 2.45) is 5.73 Å². The summed E-state index contributed by atoms with van der Waals surface area (Å²) in [7, 11) is 1.32. The van der Waals surface area contributed by atoms with Crippen LogP contribution in [0.15, 0.2) is 18.2 Å². The van der Waals surface area contributed by atoms with Crippen molar-refractivity contribution in [3.63, 3.8) is 0 Å². The Morgan fingerprint density at radius 1 is 1.45 bits per heavy atom. The SMILES string of the molecule is COC(=O)c1cccc(NC(=O)[C@@H](N)CCSC)c1C. The molecule has 6 heteroatoms. The Bertz CT molecular complexity index is 491. The third-order valence-corrected chi connectivity index (χ3v) is 3.61. The van der Waals surface area contributed by atoms with Gasteiger partial charge in [-0.1, -0.05) is 6.07 Å². The minimum absolute atomic E-state index is 0.246. The van der Waals surface area contributed by atoms with E-state index in [1.54, 1.807) is 36.9 Å². The molecule has 5 nitrogen and oxygen atoms in total. The van der Waals surface area contributed by atoms with Gasteiger partial charge in [-0.2, -0.15) is 11.8 Å². The smallest absolute Gasteiger partial charge is 0.338 e. The molecule has 0 saturated heterocycles. The molecule has 0 aromatic heterocycles. The third-order valence-electron chi connectivity index (χ3n) is 2.97. The summed E-state index contributed by atoms with van der Waals surface area (Å²) in [6.07, 6.45) is 2.58. The summed E-state index contributed by atoms with van der Waals surface area (Å²) < 4.78 is 4.70. The first-order valence-electron chi connectivity index (χ1n) is 6.24. The summed E-state index contributed by atoms with van der Waals surface area (Å²) in [5, 5.41) is 2.76. The summed E-state index contributed by atoms with van der Waals surface area (Å²) >= 11 is 1.64. The van der Waals surface area contributed by atoms with Crippen molar-refractivity contribution in [1.29, 1.82) is 0 Å². The number of esters is 1. The fraction of sp³-hybridized carbons (Fsp3) is 0.429. The molecular formula is C14H20N2O3S. The van der Waals surface area contributed by atoms with Crippen molar-refractivity contribution in [3.8, 4) is 0 Å². The first kappa shape index (κ1) is 16.5. The van der Waals surface area contributed by atoms with Crippen molar-refractivity contribution in [3.05, 3.63) is 29.3 Å². The van der Waals surface area contributed by atoms with Gasteiger partial charge in [-0.05, 0) is 43.0 Å². The number of nitrogens with two attached hydrogens (primary N) is 1. The van der Waals surface area contributed by atoms with Crippen LogP contribution in [-0.2, 0) is 9.53 Å². The molecule has 0 spiro atoms. The molecule has 0 bridgehead atoms. The highest BCUT2D eigenvalue weighted by molar-refractivity contribution is 7.98. The number of carbonyl (C=O) groups is 2. The molecule has 110 valence electrons. The molecule has 1 atom stereocenters. The number of methoxy groups -OCH3 is 1. The molecule has 3 N–H and O–H groups in total. The average Bonchev–Trinajstić information content (AvgIpc) is 2.45. The molecule has 0 heterocycles. The van der Waals surface area contributed by atoms with E-state index in [1.807, 2.05) is 6.26 Å². The van der Waals surface area contributed by atoms with E-state index >= 15 is 0 Å². The molecule has 0 fully saturated rings. The molecule has 0 unspecified atom stereocenters. The minimum atomic E-state index is -0.552. The summed E-state index contributed by atoms with van der Waals surface area (Å²) in [6, 6.07) is 4.54. The molecule has 1 amide bonds. The summed E-state index contributed by atoms with van der Waals surface area (Å²) in [4.78, 5) is 23.5. The lowest BCUT2D eigenvalue weighted by Gasteiger charge is -2.14. The number of nitrogens with one attached hydrogen (secondary N) is 1. The van der Waals surface area contributed by atoms with Gasteiger partial charge in [0.25, 0.3) is 0 Å². The number of ether oxygens (including phenoxy) is 1. The van der Waals surface area contributed by atoms with E-state index in [0.29, 0.717) is 23.2 Å². The Balaban J connectivity index is 2.82. The maximum atomic E-state index is 12.0. The zero-order valence-corrected chi connectivity index (χ0v) is 12.8. The van der Waals surface area contributed by atoms with Crippen LogP contribution in [0.2, 0.25) is 0 Å². The van der Waals surface area contributed by atoms with Gasteiger partial charge in [0.15, 0.2) is 0 Å². The zero-order chi connectivity index (χ0) is 15.1. The molecule has 20 heavy (non-hydrogen) atoms. The highest BCUT2D eigenvalue weighted by Gasteiger charge is 2.16. The maximum Gasteiger partial charge on any atom is 0.338 e. The molecule has 0 saturated carbocycles. The molecule has 0 aliphatic carbocycles. The molecule has 1 aromatic rings. The van der Waals surface area contributed by atoms with Crippen LogP contribution in [0.1, 0.15) is 22.3 Å². The predicted octanol–water partition coefficient (Wildman–Crippen LogP) is 1.80. The van der Waals surface area contributed by atoms with Gasteiger partial charge in [0.1, 0.15) is 0 Å². The normalized spacial score (nSPS) is 11.8. The van der Waals surface area contributed by atoms with E-state index in [4.69, 9.17) is 10.5 Å². The lowest BCUT2D eigenvalue weighted by molar-refractivity contribution is -0.117. The van der Waals surface area contributed by atoms with Crippen molar-refractivity contribution in [2.75, 3.05) is 24.4 Å². The van der Waals surface area contributed by atoms with Gasteiger partial charge in [-0.3, -0.25) is 4.79 Å². The highest BCUT2D eigenvalue weighted by Crippen LogP contribution is 2.20. The number of hydrogen-bond donors (Lipinski definition) is 2. The largest absolute Gasteiger partial charge is 0.465 e. The number of thioether (sulfide) groups is 1. The fourth-order valence-electron chi connectivity index (χ4n) is 1.70. The quantitative estimate of drug-likeness (QED) is 0.782. The van der Waals surface area contributed by atoms with Crippen molar-refractivity contribution >= 4 is 29.3 Å². The third kappa shape index (κ3) is 4.25. The van der Waals surface area contributed by atoms with E-state index in [1.165, 1.54) is 7.11 Å². The first-order valence-corrected chi connectivity index (χ1v) is 7.64. The first-order chi connectivity index (χ1) is 9.51. The monoisotopic (exact) mass is 296 g/mol. The molecular weight excluding hydrogens is 276 g/mol. The van der Waals surface area contributed by atoms with E-state index in [2.05, 4.69) is 5.32 Å². The van der Waals surface area contributed by atoms with Gasteiger partial charge in [-0.25, -0.2) is 4.79 Å². The Morgan fingerprint density at radius 3 is 2.75 bits per heavy atom. The Labute approximate surface area is 123 Å². The number of amides is 1. The lowest BCUT2D eigenvalue weighted by atomic mass is 10.1. The van der Waals surface area contributed by atoms with Crippen LogP contribution >= 0.6 is 11.8 Å². The number of carbonyl (C=O) groups excluding carboxylic acids is 2. The van der Waals surface area contributed by atoms with Gasteiger partial charge >= 0.3 is 5.97 Å². The van der Waals surface area contributed by atoms with E-state index < -0.39 is 12.0 Å². The van der Waals surface area contributed by atoms with Crippen LogP contribution in [0.25, 0.3) is 0 Å². The van der Waals surface area contributed by atoms with Gasteiger partial charge in [-0.15, -0.1) is 0 Å². The van der Waals surface area contributed by atoms with Crippen LogP contribution in [0.3, 0.4) is 0 Å². The number of benzene rings is 1. The highest BCUT2D eigenvalue weighted by atomic mass is 32.2. The fourth-order valence-corrected chi connectivity index (χ4v) is 2.19. The van der Waals surface area contributed by atoms with Gasteiger partial charge in [0, 0.05) is 5.69 Å². The lowest BCUT2D eigenvalue weighted by Crippen LogP contribution is -2.36. The molecule has 0 radical (unpaired) electrons. The molecule has 0 aliphatic heterocycles. The topological polar surface area (TPSA) is 81.4 Å². The Kier molecular flexibility index (Phi) is 6.54. The van der Waals surface area contributed by atoms with Crippen LogP contribution in [0, 0.1) is 6.92 Å². The second-order valence-electron chi connectivity index (χ2n) is 4.35.